The summed E-state index contributed by atoms with van der Waals surface area (Å²) in [6.07, 6.45) is 5.74. The third kappa shape index (κ3) is 2.19. The summed E-state index contributed by atoms with van der Waals surface area (Å²) in [6, 6.07) is 5.80. The summed E-state index contributed by atoms with van der Waals surface area (Å²) >= 11 is 0. The van der Waals surface area contributed by atoms with Crippen LogP contribution in [0.25, 0.3) is 0 Å². The Morgan fingerprint density at radius 3 is 2.86 bits per heavy atom. The number of nitrogens with zero attached hydrogens (tertiary/aromatic N) is 2. The molecule has 1 aliphatic heterocycles. The minimum absolute atomic E-state index is 0.860. The lowest BCUT2D eigenvalue weighted by Crippen LogP contribution is -2.14. The van der Waals surface area contributed by atoms with Gasteiger partial charge in [0.15, 0.2) is 0 Å². The van der Waals surface area contributed by atoms with Crippen molar-refractivity contribution in [1.82, 2.24) is 4.98 Å². The molecule has 0 fully saturated rings. The SMILES string of the molecule is CC1=CN=C(Nc2ccccn2)CC1. The maximum absolute atomic E-state index is 4.31. The average molecular weight is 187 g/mol. The van der Waals surface area contributed by atoms with Gasteiger partial charge in [0.05, 0.1) is 0 Å². The monoisotopic (exact) mass is 187 g/mol. The summed E-state index contributed by atoms with van der Waals surface area (Å²) in [6.45, 7) is 2.10. The zero-order chi connectivity index (χ0) is 9.80. The number of aliphatic imine (C=N–C) groups is 1. The van der Waals surface area contributed by atoms with E-state index in [4.69, 9.17) is 0 Å². The topological polar surface area (TPSA) is 37.3 Å². The molecule has 3 heteroatoms. The molecular formula is C11H13N3. The molecule has 3 nitrogen and oxygen atoms in total. The first kappa shape index (κ1) is 8.94. The molecule has 2 rings (SSSR count). The number of allylic oxidation sites excluding steroid dienone is 1. The van der Waals surface area contributed by atoms with E-state index >= 15 is 0 Å². The average Bonchev–Trinajstić information content (AvgIpc) is 2.23. The van der Waals surface area contributed by atoms with Crippen molar-refractivity contribution in [3.63, 3.8) is 0 Å². The maximum Gasteiger partial charge on any atom is 0.131 e. The van der Waals surface area contributed by atoms with Crippen molar-refractivity contribution in [1.29, 1.82) is 0 Å². The van der Waals surface area contributed by atoms with E-state index < -0.39 is 0 Å². The number of amidine groups is 1. The van der Waals surface area contributed by atoms with E-state index in [1.807, 2.05) is 24.4 Å². The smallest absolute Gasteiger partial charge is 0.131 e. The van der Waals surface area contributed by atoms with Crippen LogP contribution in [-0.4, -0.2) is 10.8 Å². The van der Waals surface area contributed by atoms with Crippen LogP contribution in [-0.2, 0) is 0 Å². The van der Waals surface area contributed by atoms with Crippen LogP contribution in [0.4, 0.5) is 5.82 Å². The summed E-state index contributed by atoms with van der Waals surface area (Å²) in [5, 5.41) is 3.20. The minimum Gasteiger partial charge on any atom is -0.328 e. The van der Waals surface area contributed by atoms with Crippen LogP contribution in [0.5, 0.6) is 0 Å². The van der Waals surface area contributed by atoms with Gasteiger partial charge in [-0.25, -0.2) is 9.98 Å². The molecule has 0 saturated heterocycles. The van der Waals surface area contributed by atoms with Crippen molar-refractivity contribution in [2.75, 3.05) is 5.32 Å². The van der Waals surface area contributed by atoms with Gasteiger partial charge in [-0.15, -0.1) is 0 Å². The Labute approximate surface area is 83.6 Å². The third-order valence-corrected chi connectivity index (χ3v) is 2.13. The second-order valence-corrected chi connectivity index (χ2v) is 3.39. The van der Waals surface area contributed by atoms with Gasteiger partial charge in [0.1, 0.15) is 11.7 Å². The molecule has 14 heavy (non-hydrogen) atoms. The molecule has 0 spiro atoms. The van der Waals surface area contributed by atoms with Crippen molar-refractivity contribution in [3.8, 4) is 0 Å². The van der Waals surface area contributed by atoms with Gasteiger partial charge in [0.2, 0.25) is 0 Å². The number of aromatic nitrogens is 1. The number of nitrogens with one attached hydrogen (secondary N) is 1. The molecule has 0 aromatic carbocycles. The Bertz CT molecular complexity index is 365. The summed E-state index contributed by atoms with van der Waals surface area (Å²) in [4.78, 5) is 8.49. The van der Waals surface area contributed by atoms with Crippen molar-refractivity contribution in [2.45, 2.75) is 19.8 Å². The highest BCUT2D eigenvalue weighted by molar-refractivity contribution is 5.95. The summed E-state index contributed by atoms with van der Waals surface area (Å²) in [5.41, 5.74) is 1.33. The molecular weight excluding hydrogens is 174 g/mol. The van der Waals surface area contributed by atoms with Crippen LogP contribution in [0.3, 0.4) is 0 Å². The molecule has 0 saturated carbocycles. The van der Waals surface area contributed by atoms with Crippen LogP contribution >= 0.6 is 0 Å². The summed E-state index contributed by atoms with van der Waals surface area (Å²) in [5.74, 6) is 1.86. The molecule has 72 valence electrons. The molecule has 0 atom stereocenters. The molecule has 2 heterocycles. The zero-order valence-corrected chi connectivity index (χ0v) is 8.20. The fraction of sp³-hybridized carbons (Fsp3) is 0.273. The Balaban J connectivity index is 2.06. The van der Waals surface area contributed by atoms with E-state index in [2.05, 4.69) is 22.2 Å². The first-order chi connectivity index (χ1) is 6.84. The number of hydrogen-bond donors (Lipinski definition) is 1. The molecule has 1 N–H and O–H groups in total. The predicted molar refractivity (Wildman–Crippen MR) is 58.3 cm³/mol. The molecule has 0 bridgehead atoms. The Kier molecular flexibility index (Phi) is 2.58. The van der Waals surface area contributed by atoms with E-state index in [0.717, 1.165) is 24.5 Å². The lowest BCUT2D eigenvalue weighted by Gasteiger charge is -2.12. The zero-order valence-electron chi connectivity index (χ0n) is 8.20. The molecule has 0 aliphatic carbocycles. The maximum atomic E-state index is 4.31. The van der Waals surface area contributed by atoms with Gasteiger partial charge >= 0.3 is 0 Å². The van der Waals surface area contributed by atoms with Crippen LogP contribution in [0.15, 0.2) is 41.2 Å². The van der Waals surface area contributed by atoms with Crippen molar-refractivity contribution >= 4 is 11.7 Å². The van der Waals surface area contributed by atoms with E-state index in [1.54, 1.807) is 6.20 Å². The summed E-state index contributed by atoms with van der Waals surface area (Å²) in [7, 11) is 0. The standard InChI is InChI=1S/C11H13N3/c1-9-5-6-11(13-8-9)14-10-4-2-3-7-12-10/h2-4,7-8H,5-6H2,1H3,(H,12,13,14). The second-order valence-electron chi connectivity index (χ2n) is 3.39. The Hall–Kier alpha value is -1.64. The lowest BCUT2D eigenvalue weighted by molar-refractivity contribution is 0.972. The molecule has 1 aromatic rings. The van der Waals surface area contributed by atoms with E-state index in [1.165, 1.54) is 5.57 Å². The molecule has 0 amide bonds. The first-order valence-electron chi connectivity index (χ1n) is 4.75. The van der Waals surface area contributed by atoms with Crippen molar-refractivity contribution < 1.29 is 0 Å². The van der Waals surface area contributed by atoms with E-state index in [9.17, 15) is 0 Å². The third-order valence-electron chi connectivity index (χ3n) is 2.13. The lowest BCUT2D eigenvalue weighted by atomic mass is 10.1. The van der Waals surface area contributed by atoms with Gasteiger partial charge in [-0.1, -0.05) is 11.6 Å². The molecule has 0 radical (unpaired) electrons. The quantitative estimate of drug-likeness (QED) is 0.733. The van der Waals surface area contributed by atoms with Gasteiger partial charge in [0, 0.05) is 18.8 Å². The number of pyridine rings is 1. The highest BCUT2D eigenvalue weighted by atomic mass is 15.1. The van der Waals surface area contributed by atoms with E-state index in [0.29, 0.717) is 0 Å². The van der Waals surface area contributed by atoms with E-state index in [-0.39, 0.29) is 0 Å². The first-order valence-corrected chi connectivity index (χ1v) is 4.75. The Morgan fingerprint density at radius 1 is 1.29 bits per heavy atom. The fourth-order valence-corrected chi connectivity index (χ4v) is 1.31. The second kappa shape index (κ2) is 4.05. The van der Waals surface area contributed by atoms with Crippen molar-refractivity contribution in [3.05, 3.63) is 36.2 Å². The van der Waals surface area contributed by atoms with Crippen LogP contribution in [0.2, 0.25) is 0 Å². The van der Waals surface area contributed by atoms with Crippen LogP contribution in [0.1, 0.15) is 19.8 Å². The highest BCUT2D eigenvalue weighted by Gasteiger charge is 2.04. The van der Waals surface area contributed by atoms with Gasteiger partial charge in [0.25, 0.3) is 0 Å². The van der Waals surface area contributed by atoms with Gasteiger partial charge in [-0.2, -0.15) is 0 Å². The van der Waals surface area contributed by atoms with Crippen molar-refractivity contribution in [2.24, 2.45) is 4.99 Å². The molecule has 1 aliphatic rings. The van der Waals surface area contributed by atoms with Crippen LogP contribution < -0.4 is 5.32 Å². The Morgan fingerprint density at radius 2 is 2.21 bits per heavy atom. The number of rotatable bonds is 1. The summed E-state index contributed by atoms with van der Waals surface area (Å²) < 4.78 is 0. The van der Waals surface area contributed by atoms with Crippen LogP contribution in [0, 0.1) is 0 Å². The predicted octanol–water partition coefficient (Wildman–Crippen LogP) is 2.59. The molecule has 1 aromatic heterocycles. The number of anilines is 1. The molecule has 0 unspecified atom stereocenters. The fourth-order valence-electron chi connectivity index (χ4n) is 1.31. The van der Waals surface area contributed by atoms with Gasteiger partial charge < -0.3 is 5.32 Å². The van der Waals surface area contributed by atoms with Gasteiger partial charge in [-0.05, 0) is 25.5 Å². The minimum atomic E-state index is 0.860. The number of hydrogen-bond acceptors (Lipinski definition) is 3. The normalized spacial score (nSPS) is 15.8. The highest BCUT2D eigenvalue weighted by Crippen LogP contribution is 2.12. The van der Waals surface area contributed by atoms with Gasteiger partial charge in [-0.3, -0.25) is 0 Å². The largest absolute Gasteiger partial charge is 0.328 e.